The molecule has 1 saturated heterocycles. The quantitative estimate of drug-likeness (QED) is 0.893. The topological polar surface area (TPSA) is 75.2 Å². The highest BCUT2D eigenvalue weighted by Gasteiger charge is 2.34. The van der Waals surface area contributed by atoms with Gasteiger partial charge in [0, 0.05) is 43.3 Å². The molecule has 2 aliphatic rings. The van der Waals surface area contributed by atoms with E-state index in [4.69, 9.17) is 0 Å². The second-order valence-corrected chi connectivity index (χ2v) is 8.90. The molecular formula is C13H20N4O2S2. The van der Waals surface area contributed by atoms with Crippen molar-refractivity contribution in [2.45, 2.75) is 24.1 Å². The molecule has 6 nitrogen and oxygen atoms in total. The van der Waals surface area contributed by atoms with E-state index < -0.39 is 15.2 Å². The van der Waals surface area contributed by atoms with Crippen molar-refractivity contribution in [3.63, 3.8) is 0 Å². The van der Waals surface area contributed by atoms with E-state index >= 15 is 0 Å². The zero-order valence-electron chi connectivity index (χ0n) is 12.2. The fraction of sp³-hybridized carbons (Fsp3) is 0.692. The predicted octanol–water partition coefficient (Wildman–Crippen LogP) is 1.32. The van der Waals surface area contributed by atoms with Gasteiger partial charge in [-0.15, -0.1) is 0 Å². The summed E-state index contributed by atoms with van der Waals surface area (Å²) in [6.45, 7) is 0.701. The van der Waals surface area contributed by atoms with E-state index in [0.717, 1.165) is 36.1 Å². The van der Waals surface area contributed by atoms with Crippen LogP contribution in [0.15, 0.2) is 6.07 Å². The molecule has 1 aromatic heterocycles. The van der Waals surface area contributed by atoms with Gasteiger partial charge < -0.3 is 10.2 Å². The summed E-state index contributed by atoms with van der Waals surface area (Å²) in [7, 11) is -1.31. The summed E-state index contributed by atoms with van der Waals surface area (Å²) >= 11 is 1.68. The van der Waals surface area contributed by atoms with Crippen molar-refractivity contribution in [1.29, 1.82) is 0 Å². The maximum atomic E-state index is 12.0. The largest absolute Gasteiger partial charge is 0.373 e. The lowest BCUT2D eigenvalue weighted by Crippen LogP contribution is -2.47. The van der Waals surface area contributed by atoms with Crippen LogP contribution in [0.3, 0.4) is 0 Å². The van der Waals surface area contributed by atoms with Crippen molar-refractivity contribution in [3.8, 4) is 0 Å². The van der Waals surface area contributed by atoms with Gasteiger partial charge in [-0.1, -0.05) is 0 Å². The van der Waals surface area contributed by atoms with E-state index in [2.05, 4.69) is 15.3 Å². The molecule has 0 radical (unpaired) electrons. The van der Waals surface area contributed by atoms with Gasteiger partial charge in [-0.2, -0.15) is 11.8 Å². The normalized spacial score (nSPS) is 23.1. The summed E-state index contributed by atoms with van der Waals surface area (Å²) in [6, 6.07) is 1.85. The molecule has 8 heteroatoms. The van der Waals surface area contributed by atoms with E-state index in [1.54, 1.807) is 11.8 Å². The maximum absolute atomic E-state index is 12.0. The molecule has 0 aromatic carbocycles. The minimum Gasteiger partial charge on any atom is -0.373 e. The highest BCUT2D eigenvalue weighted by Crippen LogP contribution is 2.39. The van der Waals surface area contributed by atoms with Gasteiger partial charge in [0.25, 0.3) is 0 Å². The van der Waals surface area contributed by atoms with E-state index in [1.807, 2.05) is 18.0 Å². The Kier molecular flexibility index (Phi) is 4.00. The Bertz CT molecular complexity index is 631. The third-order valence-corrected chi connectivity index (χ3v) is 6.44. The molecule has 1 atom stereocenters. The summed E-state index contributed by atoms with van der Waals surface area (Å²) in [6.07, 6.45) is 3.55. The van der Waals surface area contributed by atoms with Crippen LogP contribution < -0.4 is 10.2 Å². The lowest BCUT2D eigenvalue weighted by molar-refractivity contribution is 0.583. The number of sulfone groups is 1. The number of nitrogens with one attached hydrogen (secondary N) is 1. The summed E-state index contributed by atoms with van der Waals surface area (Å²) in [5.41, 5.74) is 0. The number of hydrogen-bond acceptors (Lipinski definition) is 7. The van der Waals surface area contributed by atoms with Crippen LogP contribution in [0, 0.1) is 0 Å². The zero-order valence-corrected chi connectivity index (χ0v) is 13.9. The molecule has 1 unspecified atom stereocenters. The van der Waals surface area contributed by atoms with Gasteiger partial charge in [0.05, 0.1) is 0 Å². The maximum Gasteiger partial charge on any atom is 0.169 e. The Morgan fingerprint density at radius 2 is 2.14 bits per heavy atom. The molecule has 116 valence electrons. The molecule has 1 N–H and O–H groups in total. The van der Waals surface area contributed by atoms with Gasteiger partial charge in [-0.05, 0) is 12.8 Å². The molecular weight excluding hydrogens is 308 g/mol. The van der Waals surface area contributed by atoms with Gasteiger partial charge >= 0.3 is 0 Å². The van der Waals surface area contributed by atoms with Crippen molar-refractivity contribution in [1.82, 2.24) is 9.97 Å². The molecule has 3 rings (SSSR count). The van der Waals surface area contributed by atoms with Crippen LogP contribution in [0.1, 0.15) is 24.6 Å². The van der Waals surface area contributed by atoms with E-state index in [0.29, 0.717) is 18.2 Å². The SMILES string of the molecule is CNc1cc(N2CCSCC2S(C)(=O)=O)nc(C2CC2)n1. The molecule has 1 aromatic rings. The van der Waals surface area contributed by atoms with Crippen molar-refractivity contribution in [3.05, 3.63) is 11.9 Å². The average molecular weight is 328 g/mol. The Labute approximate surface area is 129 Å². The van der Waals surface area contributed by atoms with Crippen molar-refractivity contribution < 1.29 is 8.42 Å². The summed E-state index contributed by atoms with van der Waals surface area (Å²) in [5, 5.41) is 2.55. The smallest absolute Gasteiger partial charge is 0.169 e. The monoisotopic (exact) mass is 328 g/mol. The third kappa shape index (κ3) is 3.26. The van der Waals surface area contributed by atoms with Gasteiger partial charge in [-0.25, -0.2) is 18.4 Å². The van der Waals surface area contributed by atoms with Crippen LogP contribution in [0.25, 0.3) is 0 Å². The molecule has 0 amide bonds. The number of aromatic nitrogens is 2. The van der Waals surface area contributed by atoms with Crippen LogP contribution in [-0.2, 0) is 9.84 Å². The molecule has 2 heterocycles. The molecule has 1 aliphatic carbocycles. The van der Waals surface area contributed by atoms with Gasteiger partial charge in [-0.3, -0.25) is 0 Å². The number of nitrogens with zero attached hydrogens (tertiary/aromatic N) is 3. The van der Waals surface area contributed by atoms with Crippen LogP contribution in [0.4, 0.5) is 11.6 Å². The Balaban J connectivity index is 1.98. The summed E-state index contributed by atoms with van der Waals surface area (Å²) < 4.78 is 24.1. The highest BCUT2D eigenvalue weighted by molar-refractivity contribution is 8.01. The molecule has 1 aliphatic heterocycles. The predicted molar refractivity (Wildman–Crippen MR) is 86.9 cm³/mol. The molecule has 21 heavy (non-hydrogen) atoms. The van der Waals surface area contributed by atoms with Crippen LogP contribution in [0.2, 0.25) is 0 Å². The molecule has 0 spiro atoms. The van der Waals surface area contributed by atoms with E-state index in [1.165, 1.54) is 6.26 Å². The molecule has 0 bridgehead atoms. The first-order valence-corrected chi connectivity index (χ1v) is 10.2. The fourth-order valence-electron chi connectivity index (χ4n) is 2.45. The number of thioether (sulfide) groups is 1. The van der Waals surface area contributed by atoms with Crippen molar-refractivity contribution in [2.24, 2.45) is 0 Å². The van der Waals surface area contributed by atoms with Crippen LogP contribution >= 0.6 is 11.8 Å². The molecule has 1 saturated carbocycles. The van der Waals surface area contributed by atoms with Crippen LogP contribution in [0.5, 0.6) is 0 Å². The number of rotatable bonds is 4. The number of anilines is 2. The van der Waals surface area contributed by atoms with Gasteiger partial charge in [0.15, 0.2) is 9.84 Å². The second-order valence-electron chi connectivity index (χ2n) is 5.55. The third-order valence-electron chi connectivity index (χ3n) is 3.80. The lowest BCUT2D eigenvalue weighted by atomic mass is 10.3. The first kappa shape index (κ1) is 14.9. The van der Waals surface area contributed by atoms with Crippen LogP contribution in [-0.4, -0.2) is 55.1 Å². The molecule has 2 fully saturated rings. The fourth-order valence-corrected chi connectivity index (χ4v) is 5.28. The zero-order chi connectivity index (χ0) is 15.0. The standard InChI is InChI=1S/C13H20N4O2S2/c1-14-10-7-11(16-13(15-10)9-3-4-9)17-5-6-20-8-12(17)21(2,18)19/h7,9,12H,3-6,8H2,1-2H3,(H,14,15,16). The van der Waals surface area contributed by atoms with E-state index in [9.17, 15) is 8.42 Å². The van der Waals surface area contributed by atoms with Crippen molar-refractivity contribution >= 4 is 33.2 Å². The lowest BCUT2D eigenvalue weighted by Gasteiger charge is -2.35. The number of hydrogen-bond donors (Lipinski definition) is 1. The van der Waals surface area contributed by atoms with E-state index in [-0.39, 0.29) is 0 Å². The van der Waals surface area contributed by atoms with Gasteiger partial charge in [0.2, 0.25) is 0 Å². The van der Waals surface area contributed by atoms with Gasteiger partial charge in [0.1, 0.15) is 22.8 Å². The Hall–Kier alpha value is -1.02. The summed E-state index contributed by atoms with van der Waals surface area (Å²) in [4.78, 5) is 11.0. The average Bonchev–Trinajstić information content (AvgIpc) is 3.30. The highest BCUT2D eigenvalue weighted by atomic mass is 32.2. The van der Waals surface area contributed by atoms with Crippen molar-refractivity contribution in [2.75, 3.05) is 41.6 Å². The first-order valence-electron chi connectivity index (χ1n) is 7.09. The minimum absolute atomic E-state index is 0.438. The minimum atomic E-state index is -3.14. The Morgan fingerprint density at radius 1 is 1.38 bits per heavy atom. The second kappa shape index (κ2) is 5.64. The summed E-state index contributed by atoms with van der Waals surface area (Å²) in [5.74, 6) is 4.27. The first-order chi connectivity index (χ1) is 9.99. The Morgan fingerprint density at radius 3 is 2.76 bits per heavy atom.